The van der Waals surface area contributed by atoms with E-state index in [1.54, 1.807) is 12.1 Å². The predicted molar refractivity (Wildman–Crippen MR) is 184 cm³/mol. The van der Waals surface area contributed by atoms with Gasteiger partial charge in [0.2, 0.25) is 5.91 Å². The number of nitrogens with one attached hydrogen (secondary N) is 1. The number of alkyl halides is 3. The number of hydrogen-bond donors (Lipinski definition) is 1. The van der Waals surface area contributed by atoms with Crippen LogP contribution in [0.5, 0.6) is 5.75 Å². The molecule has 4 aromatic carbocycles. The maximum Gasteiger partial charge on any atom is 0.416 e. The van der Waals surface area contributed by atoms with Gasteiger partial charge in [0, 0.05) is 68.1 Å². The van der Waals surface area contributed by atoms with Gasteiger partial charge in [-0.3, -0.25) is 9.69 Å². The molecule has 1 N–H and O–H groups in total. The Kier molecular flexibility index (Phi) is 11.0. The van der Waals surface area contributed by atoms with Gasteiger partial charge in [0.05, 0.1) is 16.9 Å². The molecule has 0 aromatic heterocycles. The molecule has 6 rings (SSSR count). The highest BCUT2D eigenvalue weighted by atomic mass is 32.2. The van der Waals surface area contributed by atoms with Gasteiger partial charge in [-0.25, -0.2) is 4.79 Å². The number of benzene rings is 4. The van der Waals surface area contributed by atoms with E-state index in [1.807, 2.05) is 59.5 Å². The standard InChI is InChI=1S/C37H39F3N4O4S/c1-26(45)41-24-30-29-8-3-2-7-27(29)11-13-33(30)48-25-36(46)47-22-21-43-19-17-42(18-20-43)15-6-16-44-31-9-4-5-10-34(31)49-35-14-12-28(23-32(35)44)37(38,39)40/h2-5,7-14,23H,6,15-22,24-25H2,1H3,(H,41,45). The van der Waals surface area contributed by atoms with Gasteiger partial charge >= 0.3 is 12.1 Å². The molecule has 0 aliphatic carbocycles. The number of halogens is 3. The molecule has 2 aliphatic heterocycles. The minimum atomic E-state index is -4.40. The van der Waals surface area contributed by atoms with Gasteiger partial charge in [0.25, 0.3) is 0 Å². The SMILES string of the molecule is CC(=O)NCc1c(OCC(=O)OCCN2CCN(CCCN3c4ccccc4Sc4ccc(C(F)(F)F)cc43)CC2)ccc2ccccc12. The number of fused-ring (bicyclic) bond motifs is 3. The highest BCUT2D eigenvalue weighted by Crippen LogP contribution is 2.49. The summed E-state index contributed by atoms with van der Waals surface area (Å²) in [5.41, 5.74) is 1.71. The number of carbonyl (C=O) groups is 2. The fraction of sp³-hybridized carbons (Fsp3) is 0.351. The van der Waals surface area contributed by atoms with E-state index in [-0.39, 0.29) is 25.7 Å². The monoisotopic (exact) mass is 692 g/mol. The minimum absolute atomic E-state index is 0.154. The molecule has 2 heterocycles. The third-order valence-electron chi connectivity index (χ3n) is 8.80. The van der Waals surface area contributed by atoms with Crippen LogP contribution in [0.15, 0.2) is 88.7 Å². The van der Waals surface area contributed by atoms with Crippen LogP contribution in [0.1, 0.15) is 24.5 Å². The van der Waals surface area contributed by atoms with Crippen molar-refractivity contribution in [2.45, 2.75) is 35.9 Å². The summed E-state index contributed by atoms with van der Waals surface area (Å²) in [6.45, 7) is 7.20. The molecule has 49 heavy (non-hydrogen) atoms. The van der Waals surface area contributed by atoms with Crippen LogP contribution in [-0.4, -0.2) is 80.7 Å². The summed E-state index contributed by atoms with van der Waals surface area (Å²) < 4.78 is 51.9. The van der Waals surface area contributed by atoms with Crippen LogP contribution in [0.2, 0.25) is 0 Å². The molecule has 0 radical (unpaired) electrons. The Labute approximate surface area is 288 Å². The highest BCUT2D eigenvalue weighted by molar-refractivity contribution is 7.99. The quantitative estimate of drug-likeness (QED) is 0.164. The van der Waals surface area contributed by atoms with Gasteiger partial charge < -0.3 is 24.6 Å². The Hall–Kier alpha value is -4.26. The van der Waals surface area contributed by atoms with Crippen molar-refractivity contribution >= 4 is 45.8 Å². The van der Waals surface area contributed by atoms with E-state index in [0.717, 1.165) is 77.0 Å². The Morgan fingerprint density at radius 2 is 1.55 bits per heavy atom. The number of esters is 1. The summed E-state index contributed by atoms with van der Waals surface area (Å²) in [5.74, 6) is -0.0859. The van der Waals surface area contributed by atoms with E-state index < -0.39 is 17.7 Å². The Morgan fingerprint density at radius 1 is 0.837 bits per heavy atom. The lowest BCUT2D eigenvalue weighted by molar-refractivity contribution is -0.146. The zero-order chi connectivity index (χ0) is 34.4. The summed E-state index contributed by atoms with van der Waals surface area (Å²) in [5, 5.41) is 4.77. The van der Waals surface area contributed by atoms with Gasteiger partial charge in [-0.05, 0) is 60.1 Å². The fourth-order valence-corrected chi connectivity index (χ4v) is 7.32. The number of anilines is 2. The molecule has 1 saturated heterocycles. The highest BCUT2D eigenvalue weighted by Gasteiger charge is 2.33. The molecule has 2 aliphatic rings. The number of amides is 1. The molecule has 0 unspecified atom stereocenters. The summed E-state index contributed by atoms with van der Waals surface area (Å²) in [7, 11) is 0. The summed E-state index contributed by atoms with van der Waals surface area (Å²) in [4.78, 5) is 32.6. The van der Waals surface area contributed by atoms with Crippen molar-refractivity contribution in [3.05, 3.63) is 90.0 Å². The Morgan fingerprint density at radius 3 is 2.33 bits per heavy atom. The van der Waals surface area contributed by atoms with Gasteiger partial charge in [0.1, 0.15) is 12.4 Å². The normalized spacial score (nSPS) is 15.1. The van der Waals surface area contributed by atoms with Crippen LogP contribution in [0, 0.1) is 0 Å². The van der Waals surface area contributed by atoms with E-state index in [0.29, 0.717) is 24.5 Å². The van der Waals surface area contributed by atoms with Gasteiger partial charge in [-0.2, -0.15) is 13.2 Å². The number of nitrogens with zero attached hydrogens (tertiary/aromatic N) is 3. The molecule has 0 saturated carbocycles. The third-order valence-corrected chi connectivity index (χ3v) is 9.93. The zero-order valence-electron chi connectivity index (χ0n) is 27.3. The molecule has 0 atom stereocenters. The summed E-state index contributed by atoms with van der Waals surface area (Å²) in [6, 6.07) is 23.4. The Bertz CT molecular complexity index is 1800. The van der Waals surface area contributed by atoms with Crippen molar-refractivity contribution in [2.24, 2.45) is 0 Å². The van der Waals surface area contributed by atoms with Crippen molar-refractivity contribution in [1.82, 2.24) is 15.1 Å². The first-order valence-electron chi connectivity index (χ1n) is 16.4. The van der Waals surface area contributed by atoms with Crippen molar-refractivity contribution in [3.63, 3.8) is 0 Å². The summed E-state index contributed by atoms with van der Waals surface area (Å²) >= 11 is 1.50. The molecule has 1 fully saturated rings. The van der Waals surface area contributed by atoms with Crippen molar-refractivity contribution in [2.75, 3.05) is 63.9 Å². The first kappa shape index (κ1) is 34.6. The predicted octanol–water partition coefficient (Wildman–Crippen LogP) is 6.73. The second-order valence-corrected chi connectivity index (χ2v) is 13.2. The van der Waals surface area contributed by atoms with Crippen LogP contribution in [0.3, 0.4) is 0 Å². The van der Waals surface area contributed by atoms with Crippen LogP contribution < -0.4 is 15.0 Å². The number of para-hydroxylation sites is 1. The van der Waals surface area contributed by atoms with Crippen LogP contribution in [-0.2, 0) is 27.0 Å². The lowest BCUT2D eigenvalue weighted by atomic mass is 10.0. The van der Waals surface area contributed by atoms with E-state index in [2.05, 4.69) is 15.1 Å². The lowest BCUT2D eigenvalue weighted by Crippen LogP contribution is -2.47. The minimum Gasteiger partial charge on any atom is -0.482 e. The largest absolute Gasteiger partial charge is 0.482 e. The second-order valence-electron chi connectivity index (χ2n) is 12.1. The second kappa shape index (κ2) is 15.5. The van der Waals surface area contributed by atoms with E-state index in [9.17, 15) is 22.8 Å². The van der Waals surface area contributed by atoms with Crippen LogP contribution in [0.25, 0.3) is 10.8 Å². The molecular formula is C37H39F3N4O4S. The molecular weight excluding hydrogens is 653 g/mol. The molecule has 12 heteroatoms. The van der Waals surface area contributed by atoms with Gasteiger partial charge in [-0.15, -0.1) is 0 Å². The van der Waals surface area contributed by atoms with Gasteiger partial charge in [0.15, 0.2) is 6.61 Å². The van der Waals surface area contributed by atoms with E-state index >= 15 is 0 Å². The maximum absolute atomic E-state index is 13.5. The first-order chi connectivity index (χ1) is 23.7. The molecule has 0 bridgehead atoms. The summed E-state index contributed by atoms with van der Waals surface area (Å²) in [6.07, 6.45) is -3.60. The molecule has 0 spiro atoms. The van der Waals surface area contributed by atoms with Crippen molar-refractivity contribution < 1.29 is 32.2 Å². The van der Waals surface area contributed by atoms with Crippen molar-refractivity contribution in [3.8, 4) is 5.75 Å². The zero-order valence-corrected chi connectivity index (χ0v) is 28.1. The number of ether oxygens (including phenoxy) is 2. The first-order valence-corrected chi connectivity index (χ1v) is 17.2. The average molecular weight is 693 g/mol. The van der Waals surface area contributed by atoms with E-state index in [4.69, 9.17) is 9.47 Å². The molecule has 258 valence electrons. The number of hydrogen-bond acceptors (Lipinski definition) is 8. The average Bonchev–Trinajstić information content (AvgIpc) is 3.09. The van der Waals surface area contributed by atoms with Crippen molar-refractivity contribution in [1.29, 1.82) is 0 Å². The molecule has 8 nitrogen and oxygen atoms in total. The van der Waals surface area contributed by atoms with Crippen LogP contribution >= 0.6 is 11.8 Å². The third kappa shape index (κ3) is 8.67. The lowest BCUT2D eigenvalue weighted by Gasteiger charge is -2.36. The Balaban J connectivity index is 0.938. The number of carbonyl (C=O) groups excluding carboxylic acids is 2. The molecule has 1 amide bonds. The van der Waals surface area contributed by atoms with Crippen LogP contribution in [0.4, 0.5) is 24.5 Å². The maximum atomic E-state index is 13.5. The van der Waals surface area contributed by atoms with E-state index in [1.165, 1.54) is 24.8 Å². The topological polar surface area (TPSA) is 74.3 Å². The van der Waals surface area contributed by atoms with Gasteiger partial charge in [-0.1, -0.05) is 54.2 Å². The molecule has 4 aromatic rings. The fourth-order valence-electron chi connectivity index (χ4n) is 6.25. The number of piperazine rings is 1. The smallest absolute Gasteiger partial charge is 0.416 e. The number of rotatable bonds is 12.